The summed E-state index contributed by atoms with van der Waals surface area (Å²) in [6, 6.07) is -2.12. The number of carbonyl (C=O) groups excluding carboxylic acids is 3. The highest BCUT2D eigenvalue weighted by molar-refractivity contribution is 5.92. The molecular weight excluding hydrogens is 226 g/mol. The van der Waals surface area contributed by atoms with Crippen LogP contribution in [0.15, 0.2) is 0 Å². The molecule has 0 heterocycles. The molecule has 0 unspecified atom stereocenters. The molecule has 17 heavy (non-hydrogen) atoms. The first-order valence-electron chi connectivity index (χ1n) is 5.34. The predicted molar refractivity (Wildman–Crippen MR) is 60.3 cm³/mol. The Balaban J connectivity index is 4.29. The van der Waals surface area contributed by atoms with E-state index in [-0.39, 0.29) is 12.3 Å². The lowest BCUT2D eigenvalue weighted by molar-refractivity contribution is -0.162. The Kier molecular flexibility index (Phi) is 6.37. The van der Waals surface area contributed by atoms with Crippen LogP contribution in [0.3, 0.4) is 0 Å². The highest BCUT2D eigenvalue weighted by Gasteiger charge is 2.26. The second-order valence-electron chi connectivity index (χ2n) is 3.93. The van der Waals surface area contributed by atoms with Gasteiger partial charge in [-0.05, 0) is 5.92 Å². The van der Waals surface area contributed by atoms with Crippen LogP contribution in [0.5, 0.6) is 0 Å². The van der Waals surface area contributed by atoms with Crippen molar-refractivity contribution in [3.63, 3.8) is 0 Å². The fraction of sp³-hybridized carbons (Fsp3) is 0.700. The van der Waals surface area contributed by atoms with E-state index in [0.29, 0.717) is 6.42 Å². The van der Waals surface area contributed by atoms with Gasteiger partial charge in [0.05, 0.1) is 6.42 Å². The van der Waals surface area contributed by atoms with Crippen LogP contribution in [0.2, 0.25) is 0 Å². The van der Waals surface area contributed by atoms with Crippen molar-refractivity contribution in [2.45, 2.75) is 38.8 Å². The highest BCUT2D eigenvalue weighted by Crippen LogP contribution is 2.07. The standard InChI is InChI=1S/C10H19N3O4/c1-3-5(2)8(13)10(16)17-9(15)6(11)4-7(12)14/h5-6,8H,3-4,11,13H2,1-2H3,(H2,12,14)/t5-,6-,8-/m0/s1. The highest BCUT2D eigenvalue weighted by atomic mass is 16.6. The molecule has 0 radical (unpaired) electrons. The first-order valence-corrected chi connectivity index (χ1v) is 5.34. The second kappa shape index (κ2) is 6.97. The summed E-state index contributed by atoms with van der Waals surface area (Å²) in [6.07, 6.45) is 0.308. The SMILES string of the molecule is CC[C@H](C)[C@H](N)C(=O)OC(=O)[C@@H](N)CC(N)=O. The molecule has 0 saturated heterocycles. The third-order valence-electron chi connectivity index (χ3n) is 2.45. The summed E-state index contributed by atoms with van der Waals surface area (Å²) in [5.74, 6) is -2.69. The van der Waals surface area contributed by atoms with Crippen molar-refractivity contribution in [3.8, 4) is 0 Å². The first-order chi connectivity index (χ1) is 7.79. The zero-order valence-corrected chi connectivity index (χ0v) is 10.0. The molecule has 0 aliphatic rings. The number of amides is 1. The molecule has 6 N–H and O–H groups in total. The molecule has 0 saturated carbocycles. The van der Waals surface area contributed by atoms with Gasteiger partial charge in [0.2, 0.25) is 5.91 Å². The molecule has 0 aliphatic heterocycles. The summed E-state index contributed by atoms with van der Waals surface area (Å²) in [5.41, 5.74) is 15.7. The van der Waals surface area contributed by atoms with Crippen molar-refractivity contribution in [2.75, 3.05) is 0 Å². The van der Waals surface area contributed by atoms with E-state index in [2.05, 4.69) is 4.74 Å². The van der Waals surface area contributed by atoms with Gasteiger partial charge in [0, 0.05) is 0 Å². The quantitative estimate of drug-likeness (QED) is 0.390. The molecule has 7 nitrogen and oxygen atoms in total. The first kappa shape index (κ1) is 15.5. The van der Waals surface area contributed by atoms with E-state index in [4.69, 9.17) is 17.2 Å². The summed E-state index contributed by atoms with van der Waals surface area (Å²) in [4.78, 5) is 33.2. The van der Waals surface area contributed by atoms with Crippen LogP contribution in [0.4, 0.5) is 0 Å². The minimum Gasteiger partial charge on any atom is -0.391 e. The Morgan fingerprint density at radius 2 is 1.71 bits per heavy atom. The van der Waals surface area contributed by atoms with Gasteiger partial charge in [-0.1, -0.05) is 20.3 Å². The summed E-state index contributed by atoms with van der Waals surface area (Å²) in [5, 5.41) is 0. The maximum atomic E-state index is 11.4. The molecule has 0 aliphatic carbocycles. The van der Waals surface area contributed by atoms with Crippen molar-refractivity contribution < 1.29 is 19.1 Å². The number of ether oxygens (including phenoxy) is 1. The van der Waals surface area contributed by atoms with Gasteiger partial charge in [-0.2, -0.15) is 0 Å². The van der Waals surface area contributed by atoms with Crippen molar-refractivity contribution in [1.29, 1.82) is 0 Å². The van der Waals surface area contributed by atoms with Crippen LogP contribution in [-0.4, -0.2) is 29.9 Å². The number of nitrogens with two attached hydrogens (primary N) is 3. The summed E-state index contributed by atoms with van der Waals surface area (Å²) in [6.45, 7) is 3.62. The third-order valence-corrected chi connectivity index (χ3v) is 2.45. The fourth-order valence-corrected chi connectivity index (χ4v) is 1.03. The topological polar surface area (TPSA) is 138 Å². The van der Waals surface area contributed by atoms with E-state index < -0.39 is 29.9 Å². The van der Waals surface area contributed by atoms with Crippen molar-refractivity contribution in [2.24, 2.45) is 23.1 Å². The Labute approximate surface area is 99.6 Å². The average Bonchev–Trinajstić information content (AvgIpc) is 2.25. The molecular formula is C10H19N3O4. The van der Waals surface area contributed by atoms with Gasteiger partial charge in [-0.15, -0.1) is 0 Å². The lowest BCUT2D eigenvalue weighted by atomic mass is 10.0. The molecule has 0 aromatic carbocycles. The monoisotopic (exact) mass is 245 g/mol. The fourth-order valence-electron chi connectivity index (χ4n) is 1.03. The minimum atomic E-state index is -1.24. The number of hydrogen-bond acceptors (Lipinski definition) is 6. The van der Waals surface area contributed by atoms with Crippen LogP contribution in [0, 0.1) is 5.92 Å². The minimum absolute atomic E-state index is 0.109. The smallest absolute Gasteiger partial charge is 0.331 e. The summed E-state index contributed by atoms with van der Waals surface area (Å²) < 4.78 is 4.46. The van der Waals surface area contributed by atoms with Gasteiger partial charge in [0.15, 0.2) is 0 Å². The lowest BCUT2D eigenvalue weighted by Crippen LogP contribution is -2.43. The molecule has 0 fully saturated rings. The summed E-state index contributed by atoms with van der Waals surface area (Å²) >= 11 is 0. The molecule has 0 bridgehead atoms. The summed E-state index contributed by atoms with van der Waals surface area (Å²) in [7, 11) is 0. The Morgan fingerprint density at radius 1 is 1.18 bits per heavy atom. The average molecular weight is 245 g/mol. The second-order valence-corrected chi connectivity index (χ2v) is 3.93. The van der Waals surface area contributed by atoms with E-state index in [1.54, 1.807) is 6.92 Å². The maximum absolute atomic E-state index is 11.4. The number of hydrogen-bond donors (Lipinski definition) is 3. The van der Waals surface area contributed by atoms with Crippen molar-refractivity contribution in [1.82, 2.24) is 0 Å². The van der Waals surface area contributed by atoms with Crippen LogP contribution >= 0.6 is 0 Å². The van der Waals surface area contributed by atoms with Gasteiger partial charge in [0.1, 0.15) is 12.1 Å². The Hall–Kier alpha value is -1.47. The van der Waals surface area contributed by atoms with Crippen LogP contribution in [0.25, 0.3) is 0 Å². The zero-order chi connectivity index (χ0) is 13.6. The van der Waals surface area contributed by atoms with E-state index in [1.807, 2.05) is 6.92 Å². The molecule has 0 aromatic heterocycles. The molecule has 3 atom stereocenters. The molecule has 7 heteroatoms. The number of primary amides is 1. The number of carbonyl (C=O) groups is 3. The van der Waals surface area contributed by atoms with E-state index in [9.17, 15) is 14.4 Å². The van der Waals surface area contributed by atoms with Crippen molar-refractivity contribution >= 4 is 17.8 Å². The van der Waals surface area contributed by atoms with Crippen LogP contribution in [-0.2, 0) is 19.1 Å². The largest absolute Gasteiger partial charge is 0.391 e. The molecule has 0 aromatic rings. The third kappa shape index (κ3) is 5.41. The zero-order valence-electron chi connectivity index (χ0n) is 10.0. The molecule has 1 amide bonds. The van der Waals surface area contributed by atoms with Gasteiger partial charge >= 0.3 is 11.9 Å². The molecule has 98 valence electrons. The lowest BCUT2D eigenvalue weighted by Gasteiger charge is -2.17. The molecule has 0 rings (SSSR count). The van der Waals surface area contributed by atoms with Crippen LogP contribution < -0.4 is 17.2 Å². The van der Waals surface area contributed by atoms with Gasteiger partial charge in [0.25, 0.3) is 0 Å². The van der Waals surface area contributed by atoms with E-state index in [1.165, 1.54) is 0 Å². The van der Waals surface area contributed by atoms with E-state index in [0.717, 1.165) is 0 Å². The number of rotatable bonds is 6. The Morgan fingerprint density at radius 3 is 2.12 bits per heavy atom. The van der Waals surface area contributed by atoms with Crippen molar-refractivity contribution in [3.05, 3.63) is 0 Å². The van der Waals surface area contributed by atoms with Gasteiger partial charge < -0.3 is 21.9 Å². The Bertz CT molecular complexity index is 306. The predicted octanol–water partition coefficient (Wildman–Crippen LogP) is -1.37. The number of esters is 2. The normalized spacial score (nSPS) is 15.8. The molecule has 0 spiro atoms. The van der Waals surface area contributed by atoms with E-state index >= 15 is 0 Å². The van der Waals surface area contributed by atoms with Crippen LogP contribution in [0.1, 0.15) is 26.7 Å². The van der Waals surface area contributed by atoms with Gasteiger partial charge in [-0.3, -0.25) is 4.79 Å². The van der Waals surface area contributed by atoms with Gasteiger partial charge in [-0.25, -0.2) is 9.59 Å². The maximum Gasteiger partial charge on any atom is 0.331 e.